The van der Waals surface area contributed by atoms with Crippen LogP contribution in [0.5, 0.6) is 0 Å². The highest BCUT2D eigenvalue weighted by Crippen LogP contribution is 2.23. The molecule has 0 bridgehead atoms. The molecule has 0 aromatic heterocycles. The van der Waals surface area contributed by atoms with Gasteiger partial charge in [-0.1, -0.05) is 11.6 Å². The molecular weight excluding hydrogens is 429 g/mol. The highest BCUT2D eigenvalue weighted by atomic mass is 127. The Labute approximate surface area is 142 Å². The maximum Gasteiger partial charge on any atom is 0.319 e. The SMILES string of the molecule is O=C(NCCN1CCCS1(=O)=O)Nc1ccc(I)cc1Cl. The lowest BCUT2D eigenvalue weighted by molar-refractivity contribution is 0.251. The summed E-state index contributed by atoms with van der Waals surface area (Å²) < 4.78 is 25.5. The summed E-state index contributed by atoms with van der Waals surface area (Å²) in [6, 6.07) is 4.89. The molecule has 2 N–H and O–H groups in total. The zero-order chi connectivity index (χ0) is 15.5. The van der Waals surface area contributed by atoms with E-state index in [1.807, 2.05) is 6.07 Å². The van der Waals surface area contributed by atoms with Gasteiger partial charge in [0.15, 0.2) is 0 Å². The van der Waals surface area contributed by atoms with Crippen LogP contribution in [0.4, 0.5) is 10.5 Å². The monoisotopic (exact) mass is 443 g/mol. The third-order valence-electron chi connectivity index (χ3n) is 3.03. The molecule has 1 heterocycles. The van der Waals surface area contributed by atoms with Crippen LogP contribution in [0.25, 0.3) is 0 Å². The summed E-state index contributed by atoms with van der Waals surface area (Å²) in [5, 5.41) is 5.71. The molecule has 1 aliphatic rings. The third kappa shape index (κ3) is 4.70. The normalized spacial score (nSPS) is 17.6. The zero-order valence-corrected chi connectivity index (χ0v) is 14.8. The van der Waals surface area contributed by atoms with Crippen molar-refractivity contribution in [2.75, 3.05) is 30.7 Å². The van der Waals surface area contributed by atoms with Gasteiger partial charge in [-0.3, -0.25) is 0 Å². The number of halogens is 2. The Bertz CT molecular complexity index is 639. The van der Waals surface area contributed by atoms with Crippen molar-refractivity contribution in [1.82, 2.24) is 9.62 Å². The van der Waals surface area contributed by atoms with Crippen LogP contribution in [0.1, 0.15) is 6.42 Å². The van der Waals surface area contributed by atoms with E-state index in [1.165, 1.54) is 4.31 Å². The molecule has 116 valence electrons. The molecule has 0 spiro atoms. The van der Waals surface area contributed by atoms with Gasteiger partial charge in [-0.05, 0) is 47.2 Å². The van der Waals surface area contributed by atoms with Gasteiger partial charge < -0.3 is 10.6 Å². The standard InChI is InChI=1S/C12H15ClIN3O3S/c13-10-8-9(14)2-3-11(10)16-12(18)15-4-6-17-5-1-7-21(17,19)20/h2-3,8H,1,4-7H2,(H2,15,16,18). The van der Waals surface area contributed by atoms with Gasteiger partial charge in [0.25, 0.3) is 0 Å². The number of carbonyl (C=O) groups excluding carboxylic acids is 1. The molecule has 2 rings (SSSR count). The minimum absolute atomic E-state index is 0.192. The predicted octanol–water partition coefficient (Wildman–Crippen LogP) is 2.10. The minimum Gasteiger partial charge on any atom is -0.337 e. The average Bonchev–Trinajstić information content (AvgIpc) is 2.72. The van der Waals surface area contributed by atoms with E-state index in [0.717, 1.165) is 3.57 Å². The Morgan fingerprint density at radius 3 is 2.81 bits per heavy atom. The van der Waals surface area contributed by atoms with Crippen LogP contribution >= 0.6 is 34.2 Å². The third-order valence-corrected chi connectivity index (χ3v) is 5.97. The first kappa shape index (κ1) is 16.8. The maximum absolute atomic E-state index is 11.7. The molecule has 21 heavy (non-hydrogen) atoms. The number of nitrogens with one attached hydrogen (secondary N) is 2. The van der Waals surface area contributed by atoms with Gasteiger partial charge in [0, 0.05) is 23.2 Å². The van der Waals surface area contributed by atoms with Crippen LogP contribution in [0.15, 0.2) is 18.2 Å². The van der Waals surface area contributed by atoms with E-state index < -0.39 is 16.1 Å². The van der Waals surface area contributed by atoms with Crippen LogP contribution in [0, 0.1) is 3.57 Å². The number of amides is 2. The predicted molar refractivity (Wildman–Crippen MR) is 91.2 cm³/mol. The number of hydrogen-bond donors (Lipinski definition) is 2. The van der Waals surface area contributed by atoms with E-state index in [0.29, 0.717) is 23.7 Å². The smallest absolute Gasteiger partial charge is 0.319 e. The molecule has 1 fully saturated rings. The topological polar surface area (TPSA) is 78.5 Å². The second-order valence-electron chi connectivity index (χ2n) is 4.57. The van der Waals surface area contributed by atoms with E-state index in [9.17, 15) is 13.2 Å². The Morgan fingerprint density at radius 1 is 1.43 bits per heavy atom. The second-order valence-corrected chi connectivity index (χ2v) is 8.31. The van der Waals surface area contributed by atoms with Crippen molar-refractivity contribution in [3.8, 4) is 0 Å². The fourth-order valence-electron chi connectivity index (χ4n) is 1.99. The van der Waals surface area contributed by atoms with Crippen molar-refractivity contribution in [1.29, 1.82) is 0 Å². The van der Waals surface area contributed by atoms with E-state index in [1.54, 1.807) is 12.1 Å². The Morgan fingerprint density at radius 2 is 2.19 bits per heavy atom. The number of anilines is 1. The van der Waals surface area contributed by atoms with Crippen molar-refractivity contribution in [3.05, 3.63) is 26.8 Å². The quantitative estimate of drug-likeness (QED) is 0.700. The Balaban J connectivity index is 1.80. The highest BCUT2D eigenvalue weighted by Gasteiger charge is 2.27. The molecule has 1 aromatic rings. The summed E-state index contributed by atoms with van der Waals surface area (Å²) in [5.41, 5.74) is 0.517. The molecule has 0 atom stereocenters. The summed E-state index contributed by atoms with van der Waals surface area (Å²) in [6.45, 7) is 1.07. The van der Waals surface area contributed by atoms with Crippen molar-refractivity contribution in [2.24, 2.45) is 0 Å². The second kappa shape index (κ2) is 7.12. The molecule has 0 unspecified atom stereocenters. The van der Waals surface area contributed by atoms with Gasteiger partial charge in [-0.2, -0.15) is 0 Å². The molecule has 1 saturated heterocycles. The van der Waals surface area contributed by atoms with E-state index in [4.69, 9.17) is 11.6 Å². The van der Waals surface area contributed by atoms with Crippen LogP contribution in [-0.4, -0.2) is 44.1 Å². The maximum atomic E-state index is 11.7. The number of carbonyl (C=O) groups is 1. The molecular formula is C12H15ClIN3O3S. The van der Waals surface area contributed by atoms with Gasteiger partial charge in [-0.25, -0.2) is 17.5 Å². The lowest BCUT2D eigenvalue weighted by atomic mass is 10.3. The van der Waals surface area contributed by atoms with Crippen LogP contribution < -0.4 is 10.6 Å². The zero-order valence-electron chi connectivity index (χ0n) is 11.1. The number of sulfonamides is 1. The number of rotatable bonds is 4. The lowest BCUT2D eigenvalue weighted by Gasteiger charge is -2.15. The average molecular weight is 444 g/mol. The van der Waals surface area contributed by atoms with Gasteiger partial charge >= 0.3 is 6.03 Å². The van der Waals surface area contributed by atoms with Gasteiger partial charge in [-0.15, -0.1) is 0 Å². The molecule has 0 saturated carbocycles. The van der Waals surface area contributed by atoms with Crippen molar-refractivity contribution < 1.29 is 13.2 Å². The Kier molecular flexibility index (Phi) is 5.69. The summed E-state index contributed by atoms with van der Waals surface area (Å²) >= 11 is 8.14. The van der Waals surface area contributed by atoms with Crippen molar-refractivity contribution >= 4 is 55.9 Å². The van der Waals surface area contributed by atoms with Gasteiger partial charge in [0.2, 0.25) is 10.0 Å². The van der Waals surface area contributed by atoms with E-state index >= 15 is 0 Å². The summed E-state index contributed by atoms with van der Waals surface area (Å²) in [6.07, 6.45) is 0.646. The first-order valence-electron chi connectivity index (χ1n) is 6.36. The molecule has 1 aromatic carbocycles. The molecule has 0 aliphatic carbocycles. The molecule has 6 nitrogen and oxygen atoms in total. The lowest BCUT2D eigenvalue weighted by Crippen LogP contribution is -2.37. The fraction of sp³-hybridized carbons (Fsp3) is 0.417. The first-order valence-corrected chi connectivity index (χ1v) is 9.43. The summed E-state index contributed by atoms with van der Waals surface area (Å²) in [7, 11) is -3.12. The number of hydrogen-bond acceptors (Lipinski definition) is 3. The van der Waals surface area contributed by atoms with Gasteiger partial charge in [0.1, 0.15) is 0 Å². The molecule has 9 heteroatoms. The van der Waals surface area contributed by atoms with Gasteiger partial charge in [0.05, 0.1) is 16.5 Å². The van der Waals surface area contributed by atoms with Crippen LogP contribution in [-0.2, 0) is 10.0 Å². The number of urea groups is 1. The van der Waals surface area contributed by atoms with E-state index in [2.05, 4.69) is 33.2 Å². The van der Waals surface area contributed by atoms with Crippen molar-refractivity contribution in [2.45, 2.75) is 6.42 Å². The summed E-state index contributed by atoms with van der Waals surface area (Å²) in [5.74, 6) is 0.192. The van der Waals surface area contributed by atoms with Crippen molar-refractivity contribution in [3.63, 3.8) is 0 Å². The molecule has 0 radical (unpaired) electrons. The molecule has 1 aliphatic heterocycles. The highest BCUT2D eigenvalue weighted by molar-refractivity contribution is 14.1. The van der Waals surface area contributed by atoms with E-state index in [-0.39, 0.29) is 18.8 Å². The van der Waals surface area contributed by atoms with Crippen LogP contribution in [0.2, 0.25) is 5.02 Å². The largest absolute Gasteiger partial charge is 0.337 e. The van der Waals surface area contributed by atoms with Crippen LogP contribution in [0.3, 0.4) is 0 Å². The fourth-order valence-corrected chi connectivity index (χ4v) is 4.43. The molecule has 2 amide bonds. The first-order chi connectivity index (χ1) is 9.88. The minimum atomic E-state index is -3.12. The Hall–Kier alpha value is -0.580. The summed E-state index contributed by atoms with van der Waals surface area (Å²) in [4.78, 5) is 11.7. The number of benzene rings is 1. The number of nitrogens with zero attached hydrogens (tertiary/aromatic N) is 1.